The van der Waals surface area contributed by atoms with Gasteiger partial charge in [-0.25, -0.2) is 0 Å². The van der Waals surface area contributed by atoms with Crippen molar-refractivity contribution in [1.82, 2.24) is 10.2 Å². The Morgan fingerprint density at radius 1 is 1.00 bits per heavy atom. The molecule has 0 aliphatic rings. The quantitative estimate of drug-likeness (QED) is 0.781. The van der Waals surface area contributed by atoms with Crippen molar-refractivity contribution in [2.75, 3.05) is 13.1 Å². The molecular formula is C20H23F3N2O. The summed E-state index contributed by atoms with van der Waals surface area (Å²) in [5.74, 6) is -0.745. The van der Waals surface area contributed by atoms with E-state index in [4.69, 9.17) is 0 Å². The van der Waals surface area contributed by atoms with Gasteiger partial charge in [-0.15, -0.1) is 0 Å². The van der Waals surface area contributed by atoms with Crippen molar-refractivity contribution in [1.29, 1.82) is 0 Å². The highest BCUT2D eigenvalue weighted by molar-refractivity contribution is 5.94. The minimum atomic E-state index is -4.57. The second kappa shape index (κ2) is 8.85. The van der Waals surface area contributed by atoms with Crippen molar-refractivity contribution < 1.29 is 18.0 Å². The Kier molecular flexibility index (Phi) is 6.80. The number of amides is 1. The van der Waals surface area contributed by atoms with Crippen LogP contribution in [0.2, 0.25) is 0 Å². The van der Waals surface area contributed by atoms with Crippen molar-refractivity contribution in [3.05, 3.63) is 71.3 Å². The highest BCUT2D eigenvalue weighted by Gasteiger charge is 2.41. The summed E-state index contributed by atoms with van der Waals surface area (Å²) in [7, 11) is 0. The van der Waals surface area contributed by atoms with E-state index in [1.165, 1.54) is 24.3 Å². The number of carbonyl (C=O) groups excluding carboxylic acids is 1. The molecule has 0 fully saturated rings. The molecule has 1 N–H and O–H groups in total. The van der Waals surface area contributed by atoms with E-state index in [1.54, 1.807) is 30.3 Å². The molecule has 1 unspecified atom stereocenters. The molecule has 0 aliphatic carbocycles. The number of benzene rings is 2. The molecule has 0 aromatic heterocycles. The number of hydrogen-bond acceptors (Lipinski definition) is 2. The van der Waals surface area contributed by atoms with E-state index in [0.29, 0.717) is 0 Å². The summed E-state index contributed by atoms with van der Waals surface area (Å²) in [6, 6.07) is 12.0. The molecule has 0 saturated carbocycles. The summed E-state index contributed by atoms with van der Waals surface area (Å²) < 4.78 is 40.0. The zero-order valence-electron chi connectivity index (χ0n) is 14.9. The van der Waals surface area contributed by atoms with Gasteiger partial charge in [0.1, 0.15) is 0 Å². The highest BCUT2D eigenvalue weighted by Crippen LogP contribution is 2.32. The Bertz CT molecular complexity index is 695. The van der Waals surface area contributed by atoms with Gasteiger partial charge in [-0.3, -0.25) is 9.69 Å². The second-order valence-corrected chi connectivity index (χ2v) is 6.02. The lowest BCUT2D eigenvalue weighted by atomic mass is 10.1. The Morgan fingerprint density at radius 3 is 2.08 bits per heavy atom. The topological polar surface area (TPSA) is 32.3 Å². The molecule has 26 heavy (non-hydrogen) atoms. The van der Waals surface area contributed by atoms with E-state index in [9.17, 15) is 18.0 Å². The fraction of sp³-hybridized carbons (Fsp3) is 0.350. The largest absolute Gasteiger partial charge is 0.412 e. The van der Waals surface area contributed by atoms with Gasteiger partial charge in [-0.05, 0) is 36.3 Å². The van der Waals surface area contributed by atoms with E-state index in [-0.39, 0.29) is 11.1 Å². The van der Waals surface area contributed by atoms with Crippen LogP contribution in [0.5, 0.6) is 0 Å². The first-order valence-electron chi connectivity index (χ1n) is 8.59. The molecule has 0 heterocycles. The molecule has 0 saturated heterocycles. The van der Waals surface area contributed by atoms with Gasteiger partial charge in [0.15, 0.2) is 6.04 Å². The standard InChI is InChI=1S/C20H23F3N2O/c1-3-25(4-2)14-15-10-12-17(13-11-15)19(26)24-18(20(21,22)23)16-8-6-5-7-9-16/h5-13,18H,3-4,14H2,1-2H3,(H,24,26). The molecule has 3 nitrogen and oxygen atoms in total. The first-order chi connectivity index (χ1) is 12.3. The molecule has 1 atom stereocenters. The van der Waals surface area contributed by atoms with Crippen LogP contribution in [0.1, 0.15) is 41.4 Å². The van der Waals surface area contributed by atoms with E-state index >= 15 is 0 Å². The molecule has 140 valence electrons. The SMILES string of the molecule is CCN(CC)Cc1ccc(C(=O)NC(c2ccccc2)C(F)(F)F)cc1. The summed E-state index contributed by atoms with van der Waals surface area (Å²) in [5, 5.41) is 2.10. The van der Waals surface area contributed by atoms with Gasteiger partial charge in [0.25, 0.3) is 5.91 Å². The molecule has 2 aromatic rings. The molecule has 1 amide bonds. The summed E-state index contributed by atoms with van der Waals surface area (Å²) in [6.45, 7) is 6.68. The lowest BCUT2D eigenvalue weighted by Gasteiger charge is -2.22. The molecule has 6 heteroatoms. The van der Waals surface area contributed by atoms with Crippen LogP contribution in [0.15, 0.2) is 54.6 Å². The molecule has 2 aromatic carbocycles. The minimum Gasteiger partial charge on any atom is -0.337 e. The van der Waals surface area contributed by atoms with E-state index in [0.717, 1.165) is 25.2 Å². The number of nitrogens with zero attached hydrogens (tertiary/aromatic N) is 1. The van der Waals surface area contributed by atoms with E-state index < -0.39 is 18.1 Å². The number of halogens is 3. The van der Waals surface area contributed by atoms with Gasteiger partial charge in [0, 0.05) is 12.1 Å². The van der Waals surface area contributed by atoms with Crippen molar-refractivity contribution in [2.24, 2.45) is 0 Å². The van der Waals surface area contributed by atoms with Crippen LogP contribution in [-0.2, 0) is 6.54 Å². The zero-order valence-corrected chi connectivity index (χ0v) is 14.9. The number of carbonyl (C=O) groups is 1. The van der Waals surface area contributed by atoms with Gasteiger partial charge in [0.2, 0.25) is 0 Å². The maximum absolute atomic E-state index is 13.3. The van der Waals surface area contributed by atoms with Crippen molar-refractivity contribution in [3.8, 4) is 0 Å². The molecule has 0 spiro atoms. The summed E-state index contributed by atoms with van der Waals surface area (Å²) >= 11 is 0. The van der Waals surface area contributed by atoms with Gasteiger partial charge in [-0.1, -0.05) is 56.3 Å². The number of alkyl halides is 3. The van der Waals surface area contributed by atoms with E-state index in [2.05, 4.69) is 24.1 Å². The fourth-order valence-electron chi connectivity index (χ4n) is 2.68. The van der Waals surface area contributed by atoms with Crippen molar-refractivity contribution in [2.45, 2.75) is 32.6 Å². The first-order valence-corrected chi connectivity index (χ1v) is 8.59. The maximum atomic E-state index is 13.3. The summed E-state index contributed by atoms with van der Waals surface area (Å²) in [4.78, 5) is 14.5. The Labute approximate surface area is 151 Å². The molecular weight excluding hydrogens is 341 g/mol. The Balaban J connectivity index is 2.12. The zero-order chi connectivity index (χ0) is 19.2. The lowest BCUT2D eigenvalue weighted by molar-refractivity contribution is -0.155. The first kappa shape index (κ1) is 20.0. The number of nitrogens with one attached hydrogen (secondary N) is 1. The van der Waals surface area contributed by atoms with Crippen LogP contribution >= 0.6 is 0 Å². The number of rotatable bonds is 7. The number of hydrogen-bond donors (Lipinski definition) is 1. The predicted octanol–water partition coefficient (Wildman–Crippen LogP) is 4.56. The summed E-state index contributed by atoms with van der Waals surface area (Å²) in [5.41, 5.74) is 1.23. The molecule has 2 rings (SSSR count). The van der Waals surface area contributed by atoms with Crippen LogP contribution < -0.4 is 5.32 Å². The smallest absolute Gasteiger partial charge is 0.337 e. The van der Waals surface area contributed by atoms with Gasteiger partial charge < -0.3 is 5.32 Å². The molecule has 0 radical (unpaired) electrons. The second-order valence-electron chi connectivity index (χ2n) is 6.02. The van der Waals surface area contributed by atoms with Crippen molar-refractivity contribution >= 4 is 5.91 Å². The Morgan fingerprint density at radius 2 is 1.58 bits per heavy atom. The normalized spacial score (nSPS) is 12.8. The van der Waals surface area contributed by atoms with E-state index in [1.807, 2.05) is 0 Å². The predicted molar refractivity (Wildman–Crippen MR) is 95.8 cm³/mol. The minimum absolute atomic E-state index is 0.00602. The van der Waals surface area contributed by atoms with Crippen molar-refractivity contribution in [3.63, 3.8) is 0 Å². The van der Waals surface area contributed by atoms with Gasteiger partial charge in [-0.2, -0.15) is 13.2 Å². The third-order valence-electron chi connectivity index (χ3n) is 4.25. The fourth-order valence-corrected chi connectivity index (χ4v) is 2.68. The average molecular weight is 364 g/mol. The summed E-state index contributed by atoms with van der Waals surface area (Å²) in [6.07, 6.45) is -4.57. The molecule has 0 bridgehead atoms. The third kappa shape index (κ3) is 5.33. The van der Waals surface area contributed by atoms with Crippen LogP contribution in [0, 0.1) is 0 Å². The average Bonchev–Trinajstić information content (AvgIpc) is 2.64. The monoisotopic (exact) mass is 364 g/mol. The molecule has 0 aliphatic heterocycles. The Hall–Kier alpha value is -2.34. The highest BCUT2D eigenvalue weighted by atomic mass is 19.4. The van der Waals surface area contributed by atoms with Crippen LogP contribution in [-0.4, -0.2) is 30.1 Å². The third-order valence-corrected chi connectivity index (χ3v) is 4.25. The van der Waals surface area contributed by atoms with Crippen LogP contribution in [0.3, 0.4) is 0 Å². The van der Waals surface area contributed by atoms with Crippen LogP contribution in [0.25, 0.3) is 0 Å². The van der Waals surface area contributed by atoms with Crippen LogP contribution in [0.4, 0.5) is 13.2 Å². The van der Waals surface area contributed by atoms with Gasteiger partial charge >= 0.3 is 6.18 Å². The maximum Gasteiger partial charge on any atom is 0.412 e. The van der Waals surface area contributed by atoms with Gasteiger partial charge in [0.05, 0.1) is 0 Å². The lowest BCUT2D eigenvalue weighted by Crippen LogP contribution is -2.38.